The lowest BCUT2D eigenvalue weighted by Gasteiger charge is -2.49. The predicted molar refractivity (Wildman–Crippen MR) is 131 cm³/mol. The second-order valence-corrected chi connectivity index (χ2v) is 10.3. The highest BCUT2D eigenvalue weighted by Gasteiger charge is 2.52. The number of nitrogens with two attached hydrogens (primary N) is 4. The Bertz CT molecular complexity index is 815. The third-order valence-corrected chi connectivity index (χ3v) is 7.51. The number of hydrogen-bond donors (Lipinski definition) is 13. The number of carbonyl (C=O) groups excluding carboxylic acids is 1. The zero-order chi connectivity index (χ0) is 29.9. The molecule has 0 radical (unpaired) electrons. The van der Waals surface area contributed by atoms with Gasteiger partial charge in [0.2, 0.25) is 5.91 Å². The summed E-state index contributed by atoms with van der Waals surface area (Å²) < 4.78 is 22.5. The van der Waals surface area contributed by atoms with E-state index < -0.39 is 110 Å². The Morgan fingerprint density at radius 2 is 1.45 bits per heavy atom. The van der Waals surface area contributed by atoms with Gasteiger partial charge < -0.3 is 88.1 Å². The van der Waals surface area contributed by atoms with Crippen LogP contribution < -0.4 is 28.3 Å². The molecule has 0 spiro atoms. The fraction of sp³-hybridized carbons (Fsp3) is 0.955. The molecule has 1 amide bonds. The van der Waals surface area contributed by atoms with Crippen LogP contribution in [0.4, 0.5) is 0 Å². The van der Waals surface area contributed by atoms with Gasteiger partial charge in [-0.3, -0.25) is 4.79 Å². The number of aliphatic hydroxyl groups is 8. The van der Waals surface area contributed by atoms with Crippen LogP contribution in [0.5, 0.6) is 0 Å². The maximum atomic E-state index is 12.6. The van der Waals surface area contributed by atoms with E-state index in [-0.39, 0.29) is 25.9 Å². The minimum Gasteiger partial charge on any atom is -0.394 e. The summed E-state index contributed by atoms with van der Waals surface area (Å²) >= 11 is 0. The Kier molecular flexibility index (Phi) is 11.9. The van der Waals surface area contributed by atoms with Crippen molar-refractivity contribution in [3.05, 3.63) is 0 Å². The van der Waals surface area contributed by atoms with E-state index in [2.05, 4.69) is 5.32 Å². The predicted octanol–water partition coefficient (Wildman–Crippen LogP) is -8.42. The van der Waals surface area contributed by atoms with Crippen molar-refractivity contribution in [3.8, 4) is 0 Å². The summed E-state index contributed by atoms with van der Waals surface area (Å²) in [5.41, 5.74) is 23.1. The molecule has 0 aromatic heterocycles. The van der Waals surface area contributed by atoms with Crippen molar-refractivity contribution >= 4 is 5.91 Å². The van der Waals surface area contributed by atoms with Crippen molar-refractivity contribution in [3.63, 3.8) is 0 Å². The van der Waals surface area contributed by atoms with Gasteiger partial charge in [0, 0.05) is 12.6 Å². The molecule has 3 aliphatic rings. The van der Waals surface area contributed by atoms with Gasteiger partial charge in [-0.15, -0.1) is 0 Å². The molecule has 2 aliphatic heterocycles. The second kappa shape index (κ2) is 14.3. The molecular weight excluding hydrogens is 542 g/mol. The molecule has 0 unspecified atom stereocenters. The molecule has 2 heterocycles. The van der Waals surface area contributed by atoms with Crippen molar-refractivity contribution in [1.29, 1.82) is 0 Å². The van der Waals surface area contributed by atoms with Crippen molar-refractivity contribution < 1.29 is 64.6 Å². The zero-order valence-corrected chi connectivity index (χ0v) is 21.7. The normalized spacial score (nSPS) is 47.0. The van der Waals surface area contributed by atoms with E-state index in [4.69, 9.17) is 41.9 Å². The molecule has 0 aromatic carbocycles. The third kappa shape index (κ3) is 7.06. The summed E-state index contributed by atoms with van der Waals surface area (Å²) in [6.45, 7) is -0.899. The molecule has 40 heavy (non-hydrogen) atoms. The molecule has 234 valence electrons. The number of ether oxygens (including phenoxy) is 4. The van der Waals surface area contributed by atoms with Gasteiger partial charge in [0.05, 0.1) is 18.7 Å². The van der Waals surface area contributed by atoms with Gasteiger partial charge in [0.25, 0.3) is 0 Å². The molecule has 16 atom stereocenters. The fourth-order valence-electron chi connectivity index (χ4n) is 5.07. The third-order valence-electron chi connectivity index (χ3n) is 7.51. The van der Waals surface area contributed by atoms with E-state index in [1.165, 1.54) is 0 Å². The lowest BCUT2D eigenvalue weighted by Crippen LogP contribution is -2.69. The van der Waals surface area contributed by atoms with Crippen LogP contribution in [0.3, 0.4) is 0 Å². The average molecular weight is 586 g/mol. The number of rotatable bonds is 10. The summed E-state index contributed by atoms with van der Waals surface area (Å²) in [5.74, 6) is -0.847. The summed E-state index contributed by atoms with van der Waals surface area (Å²) in [7, 11) is 0. The van der Waals surface area contributed by atoms with Gasteiger partial charge in [0.1, 0.15) is 67.1 Å². The molecule has 3 rings (SSSR count). The summed E-state index contributed by atoms with van der Waals surface area (Å²) in [6.07, 6.45) is -19.9. The molecule has 1 saturated carbocycles. The SMILES string of the molecule is NCC[C@H](O)C(=O)N[C@H]1C[C@@H](N)[C@H](O[C@H]2O[C@@H](CO)[C@@H](O)[C@H](N)[C@H]2O)[C@H](O)[C@H]1O[C@H]1O[C@@H](CN)[C@@H](O)[C@@H](O)[C@H]1O. The van der Waals surface area contributed by atoms with Crippen LogP contribution in [0.2, 0.25) is 0 Å². The highest BCUT2D eigenvalue weighted by atomic mass is 16.7. The maximum Gasteiger partial charge on any atom is 0.249 e. The molecule has 3 fully saturated rings. The zero-order valence-electron chi connectivity index (χ0n) is 21.7. The Balaban J connectivity index is 1.85. The van der Waals surface area contributed by atoms with Gasteiger partial charge in [-0.1, -0.05) is 0 Å². The number of amides is 1. The number of nitrogens with one attached hydrogen (secondary N) is 1. The Morgan fingerprint density at radius 1 is 0.850 bits per heavy atom. The van der Waals surface area contributed by atoms with Crippen LogP contribution in [-0.2, 0) is 23.7 Å². The number of aliphatic hydroxyl groups excluding tert-OH is 8. The first-order chi connectivity index (χ1) is 18.9. The maximum absolute atomic E-state index is 12.6. The van der Waals surface area contributed by atoms with Gasteiger partial charge in [0.15, 0.2) is 12.6 Å². The Hall–Kier alpha value is -1.17. The highest BCUT2D eigenvalue weighted by molar-refractivity contribution is 5.80. The molecule has 0 aromatic rings. The van der Waals surface area contributed by atoms with Crippen molar-refractivity contribution in [2.75, 3.05) is 19.7 Å². The largest absolute Gasteiger partial charge is 0.394 e. The molecule has 0 bridgehead atoms. The smallest absolute Gasteiger partial charge is 0.249 e. The van der Waals surface area contributed by atoms with Crippen LogP contribution >= 0.6 is 0 Å². The van der Waals surface area contributed by atoms with Crippen molar-refractivity contribution in [2.24, 2.45) is 22.9 Å². The van der Waals surface area contributed by atoms with Crippen LogP contribution in [0.1, 0.15) is 12.8 Å². The van der Waals surface area contributed by atoms with Gasteiger partial charge in [-0.25, -0.2) is 0 Å². The van der Waals surface area contributed by atoms with Crippen LogP contribution in [0.15, 0.2) is 0 Å². The first kappa shape index (κ1) is 33.3. The monoisotopic (exact) mass is 585 g/mol. The van der Waals surface area contributed by atoms with E-state index in [1.807, 2.05) is 0 Å². The molecule has 17 N–H and O–H groups in total. The van der Waals surface area contributed by atoms with E-state index in [1.54, 1.807) is 0 Å². The van der Waals surface area contributed by atoms with Gasteiger partial charge in [-0.2, -0.15) is 0 Å². The fourth-order valence-corrected chi connectivity index (χ4v) is 5.07. The van der Waals surface area contributed by atoms with E-state index in [0.717, 1.165) is 0 Å². The van der Waals surface area contributed by atoms with Crippen LogP contribution in [0.25, 0.3) is 0 Å². The minimum atomic E-state index is -1.80. The molecule has 18 heteroatoms. The van der Waals surface area contributed by atoms with E-state index >= 15 is 0 Å². The van der Waals surface area contributed by atoms with Gasteiger partial charge in [-0.05, 0) is 19.4 Å². The lowest BCUT2D eigenvalue weighted by atomic mass is 9.83. The number of hydrogen-bond acceptors (Lipinski definition) is 17. The van der Waals surface area contributed by atoms with Crippen molar-refractivity contribution in [2.45, 2.75) is 111 Å². The van der Waals surface area contributed by atoms with Crippen LogP contribution in [0, 0.1) is 0 Å². The molecule has 2 saturated heterocycles. The summed E-state index contributed by atoms with van der Waals surface area (Å²) in [4.78, 5) is 12.6. The average Bonchev–Trinajstić information content (AvgIpc) is 2.92. The first-order valence-electron chi connectivity index (χ1n) is 13.1. The Labute approximate surface area is 229 Å². The Morgan fingerprint density at radius 3 is 2.05 bits per heavy atom. The standard InChI is InChI=1S/C22H43N5O13/c23-2-1-8(29)20(36)27-7-3-6(25)18(39-21-14(32)11(26)12(30)10(5-28)38-21)17(35)19(7)40-22-16(34)15(33)13(31)9(4-24)37-22/h6-19,21-22,28-35H,1-5,23-26H2,(H,27,36)/t6-,7+,8+,9+,10+,11+,12-,13-,14-,15-,16-,17+,18+,19+,21-,22-/m1/s1. The first-order valence-corrected chi connectivity index (χ1v) is 13.1. The summed E-state index contributed by atoms with van der Waals surface area (Å²) in [5, 5.41) is 84.9. The minimum absolute atomic E-state index is 0.00934. The lowest BCUT2D eigenvalue weighted by molar-refractivity contribution is -0.332. The molecule has 1 aliphatic carbocycles. The topological polar surface area (TPSA) is 332 Å². The van der Waals surface area contributed by atoms with E-state index in [9.17, 15) is 45.6 Å². The quantitative estimate of drug-likeness (QED) is 0.113. The second-order valence-electron chi connectivity index (χ2n) is 10.3. The van der Waals surface area contributed by atoms with Gasteiger partial charge >= 0.3 is 0 Å². The molecular formula is C22H43N5O13. The van der Waals surface area contributed by atoms with Crippen LogP contribution in [-0.4, -0.2) is 164 Å². The van der Waals surface area contributed by atoms with Crippen molar-refractivity contribution in [1.82, 2.24) is 5.32 Å². The highest BCUT2D eigenvalue weighted by Crippen LogP contribution is 2.32. The molecule has 18 nitrogen and oxygen atoms in total. The van der Waals surface area contributed by atoms with E-state index in [0.29, 0.717) is 0 Å². The summed E-state index contributed by atoms with van der Waals surface area (Å²) in [6, 6.07) is -3.42. The number of carbonyl (C=O) groups is 1.